The van der Waals surface area contributed by atoms with E-state index in [4.69, 9.17) is 0 Å². The lowest BCUT2D eigenvalue weighted by molar-refractivity contribution is 1.60. The molecule has 0 amide bonds. The summed E-state index contributed by atoms with van der Waals surface area (Å²) in [7, 11) is 0. The first kappa shape index (κ1) is 30.1. The first-order valence-corrected chi connectivity index (χ1v) is 18.0. The molecule has 0 aliphatic heterocycles. The van der Waals surface area contributed by atoms with E-state index in [1.165, 1.54) is 98.7 Å². The van der Waals surface area contributed by atoms with Crippen molar-refractivity contribution in [3.05, 3.63) is 206 Å². The molecule has 0 atom stereocenters. The van der Waals surface area contributed by atoms with Crippen LogP contribution in [0.3, 0.4) is 0 Å². The zero-order valence-electron chi connectivity index (χ0n) is 28.6. The molecule has 0 bridgehead atoms. The minimum atomic E-state index is 1.21. The fourth-order valence-corrected chi connectivity index (χ4v) is 8.04. The number of hydrogen-bond acceptors (Lipinski definition) is 0. The number of benzene rings is 10. The topological polar surface area (TPSA) is 0 Å². The van der Waals surface area contributed by atoms with Crippen LogP contribution in [0.15, 0.2) is 206 Å². The van der Waals surface area contributed by atoms with Crippen LogP contribution < -0.4 is 0 Å². The number of rotatable bonds is 5. The van der Waals surface area contributed by atoms with E-state index < -0.39 is 0 Å². The van der Waals surface area contributed by atoms with Gasteiger partial charge in [-0.05, 0) is 123 Å². The van der Waals surface area contributed by atoms with Gasteiger partial charge in [0.15, 0.2) is 0 Å². The van der Waals surface area contributed by atoms with Gasteiger partial charge >= 0.3 is 0 Å². The van der Waals surface area contributed by atoms with Gasteiger partial charge < -0.3 is 0 Å². The third-order valence-electron chi connectivity index (χ3n) is 10.6. The Balaban J connectivity index is 1.05. The van der Waals surface area contributed by atoms with E-state index in [0.717, 1.165) is 0 Å². The second-order valence-corrected chi connectivity index (χ2v) is 13.7. The lowest BCUT2D eigenvalue weighted by Crippen LogP contribution is -1.91. The van der Waals surface area contributed by atoms with Crippen LogP contribution in [0, 0.1) is 0 Å². The standard InChI is InChI=1S/C52H34/c1-2-11-35(12-3-1)37-21-23-38(24-22-37)41-26-27-44-32-42(28-29-43(44)31-41)40-15-10-16-45(34-40)51-47-17-6-8-19-49(47)52(50-20-9-7-18-48(50)51)46-30-25-36-13-4-5-14-39(36)33-46/h1-34H. The molecule has 0 aliphatic rings. The van der Waals surface area contributed by atoms with Gasteiger partial charge in [0.2, 0.25) is 0 Å². The molecule has 52 heavy (non-hydrogen) atoms. The zero-order valence-corrected chi connectivity index (χ0v) is 28.6. The fraction of sp³-hybridized carbons (Fsp3) is 0. The van der Waals surface area contributed by atoms with Crippen LogP contribution in [0.4, 0.5) is 0 Å². The molecule has 0 aliphatic carbocycles. The molecule has 10 aromatic carbocycles. The van der Waals surface area contributed by atoms with E-state index in [0.29, 0.717) is 0 Å². The summed E-state index contributed by atoms with van der Waals surface area (Å²) in [6, 6.07) is 75.5. The zero-order chi connectivity index (χ0) is 34.4. The van der Waals surface area contributed by atoms with Gasteiger partial charge in [0.05, 0.1) is 0 Å². The van der Waals surface area contributed by atoms with Crippen molar-refractivity contribution in [3.8, 4) is 55.6 Å². The van der Waals surface area contributed by atoms with Gasteiger partial charge in [-0.1, -0.05) is 182 Å². The maximum Gasteiger partial charge on any atom is -0.00262 e. The Bertz CT molecular complexity index is 2880. The van der Waals surface area contributed by atoms with E-state index >= 15 is 0 Å². The largest absolute Gasteiger partial charge is 0.0622 e. The van der Waals surface area contributed by atoms with Crippen LogP contribution >= 0.6 is 0 Å². The maximum atomic E-state index is 2.37. The van der Waals surface area contributed by atoms with Gasteiger partial charge in [-0.2, -0.15) is 0 Å². The van der Waals surface area contributed by atoms with E-state index in [-0.39, 0.29) is 0 Å². The maximum absolute atomic E-state index is 2.37. The van der Waals surface area contributed by atoms with Crippen molar-refractivity contribution < 1.29 is 0 Å². The molecular formula is C52H34. The van der Waals surface area contributed by atoms with Crippen LogP contribution in [-0.4, -0.2) is 0 Å². The van der Waals surface area contributed by atoms with Crippen molar-refractivity contribution in [2.45, 2.75) is 0 Å². The van der Waals surface area contributed by atoms with Crippen LogP contribution in [-0.2, 0) is 0 Å². The monoisotopic (exact) mass is 658 g/mol. The highest BCUT2D eigenvalue weighted by Crippen LogP contribution is 2.44. The van der Waals surface area contributed by atoms with Crippen molar-refractivity contribution in [1.29, 1.82) is 0 Å². The molecule has 0 N–H and O–H groups in total. The molecule has 0 fully saturated rings. The Hall–Kier alpha value is -6.76. The molecule has 0 spiro atoms. The van der Waals surface area contributed by atoms with Crippen LogP contribution in [0.1, 0.15) is 0 Å². The van der Waals surface area contributed by atoms with Crippen molar-refractivity contribution in [2.24, 2.45) is 0 Å². The first-order valence-electron chi connectivity index (χ1n) is 18.0. The molecular weight excluding hydrogens is 625 g/mol. The van der Waals surface area contributed by atoms with Crippen molar-refractivity contribution >= 4 is 43.1 Å². The summed E-state index contributed by atoms with van der Waals surface area (Å²) in [5, 5.41) is 10.1. The second kappa shape index (κ2) is 12.5. The van der Waals surface area contributed by atoms with E-state index in [1.54, 1.807) is 0 Å². The van der Waals surface area contributed by atoms with Gasteiger partial charge in [-0.25, -0.2) is 0 Å². The third kappa shape index (κ3) is 5.25. The van der Waals surface area contributed by atoms with Gasteiger partial charge in [0, 0.05) is 0 Å². The van der Waals surface area contributed by atoms with Gasteiger partial charge in [-0.3, -0.25) is 0 Å². The smallest absolute Gasteiger partial charge is 0.00262 e. The number of fused-ring (bicyclic) bond motifs is 4. The Morgan fingerprint density at radius 2 is 0.500 bits per heavy atom. The SMILES string of the molecule is c1ccc(-c2ccc(-c3ccc4cc(-c5cccc(-c6c7ccccc7c(-c7ccc8ccccc8c7)c7ccccc67)c5)ccc4c3)cc2)cc1. The minimum Gasteiger partial charge on any atom is -0.0622 e. The van der Waals surface area contributed by atoms with E-state index in [1.807, 2.05) is 0 Å². The van der Waals surface area contributed by atoms with Gasteiger partial charge in [0.1, 0.15) is 0 Å². The summed E-state index contributed by atoms with van der Waals surface area (Å²) in [4.78, 5) is 0. The molecule has 10 rings (SSSR count). The Labute approximate surface area is 303 Å². The molecule has 0 heterocycles. The normalized spacial score (nSPS) is 11.5. The Morgan fingerprint density at radius 3 is 1.12 bits per heavy atom. The van der Waals surface area contributed by atoms with Gasteiger partial charge in [0.25, 0.3) is 0 Å². The molecule has 10 aromatic rings. The Kier molecular flexibility index (Phi) is 7.25. The molecule has 0 saturated heterocycles. The second-order valence-electron chi connectivity index (χ2n) is 13.7. The number of hydrogen-bond donors (Lipinski definition) is 0. The average molecular weight is 659 g/mol. The van der Waals surface area contributed by atoms with Crippen LogP contribution in [0.2, 0.25) is 0 Å². The minimum absolute atomic E-state index is 1.21. The summed E-state index contributed by atoms with van der Waals surface area (Å²) < 4.78 is 0. The quantitative estimate of drug-likeness (QED) is 0.161. The third-order valence-corrected chi connectivity index (χ3v) is 10.6. The molecule has 242 valence electrons. The van der Waals surface area contributed by atoms with E-state index in [2.05, 4.69) is 206 Å². The lowest BCUT2D eigenvalue weighted by Gasteiger charge is -2.18. The highest BCUT2D eigenvalue weighted by atomic mass is 14.2. The van der Waals surface area contributed by atoms with Crippen LogP contribution in [0.5, 0.6) is 0 Å². The van der Waals surface area contributed by atoms with Gasteiger partial charge in [-0.15, -0.1) is 0 Å². The summed E-state index contributed by atoms with van der Waals surface area (Å²) in [6.07, 6.45) is 0. The first-order chi connectivity index (χ1) is 25.8. The predicted molar refractivity (Wildman–Crippen MR) is 224 cm³/mol. The highest BCUT2D eigenvalue weighted by Gasteiger charge is 2.17. The summed E-state index contributed by atoms with van der Waals surface area (Å²) in [5.74, 6) is 0. The summed E-state index contributed by atoms with van der Waals surface area (Å²) in [5.41, 5.74) is 12.4. The summed E-state index contributed by atoms with van der Waals surface area (Å²) in [6.45, 7) is 0. The van der Waals surface area contributed by atoms with Crippen molar-refractivity contribution in [2.75, 3.05) is 0 Å². The van der Waals surface area contributed by atoms with Crippen molar-refractivity contribution in [3.63, 3.8) is 0 Å². The average Bonchev–Trinajstić information content (AvgIpc) is 3.22. The molecule has 0 saturated carbocycles. The van der Waals surface area contributed by atoms with Crippen LogP contribution in [0.25, 0.3) is 98.7 Å². The molecule has 0 radical (unpaired) electrons. The van der Waals surface area contributed by atoms with E-state index in [9.17, 15) is 0 Å². The molecule has 0 heteroatoms. The lowest BCUT2D eigenvalue weighted by atomic mass is 9.85. The highest BCUT2D eigenvalue weighted by molar-refractivity contribution is 6.21. The molecule has 0 aromatic heterocycles. The fourth-order valence-electron chi connectivity index (χ4n) is 8.04. The predicted octanol–water partition coefficient (Wildman–Crippen LogP) is 14.6. The molecule has 0 nitrogen and oxygen atoms in total. The Morgan fingerprint density at radius 1 is 0.173 bits per heavy atom. The summed E-state index contributed by atoms with van der Waals surface area (Å²) >= 11 is 0. The van der Waals surface area contributed by atoms with Crippen molar-refractivity contribution in [1.82, 2.24) is 0 Å². The molecule has 0 unspecified atom stereocenters.